The van der Waals surface area contributed by atoms with Gasteiger partial charge in [-0.05, 0) is 31.4 Å². The predicted molar refractivity (Wildman–Crippen MR) is 69.8 cm³/mol. The lowest BCUT2D eigenvalue weighted by atomic mass is 9.91. The van der Waals surface area contributed by atoms with E-state index in [-0.39, 0.29) is 12.1 Å². The van der Waals surface area contributed by atoms with Gasteiger partial charge >= 0.3 is 0 Å². The number of anilines is 1. The largest absolute Gasteiger partial charge is 0.394 e. The van der Waals surface area contributed by atoms with Crippen molar-refractivity contribution in [1.82, 2.24) is 0 Å². The Bertz CT molecular complexity index is 318. The Balaban J connectivity index is 2.87. The van der Waals surface area contributed by atoms with E-state index in [1.165, 1.54) is 5.56 Å². The summed E-state index contributed by atoms with van der Waals surface area (Å²) in [5.74, 6) is 0. The van der Waals surface area contributed by atoms with E-state index < -0.39 is 0 Å². The molecular formula is C14H23NO. The highest BCUT2D eigenvalue weighted by Gasteiger charge is 2.26. The van der Waals surface area contributed by atoms with Crippen molar-refractivity contribution in [2.75, 3.05) is 11.9 Å². The zero-order chi connectivity index (χ0) is 12.0. The number of aliphatic hydroxyl groups is 1. The number of benzene rings is 1. The molecule has 1 aromatic carbocycles. The summed E-state index contributed by atoms with van der Waals surface area (Å²) < 4.78 is 0. The summed E-state index contributed by atoms with van der Waals surface area (Å²) in [5.41, 5.74) is 2.19. The van der Waals surface area contributed by atoms with E-state index in [0.717, 1.165) is 24.9 Å². The molecule has 0 spiro atoms. The van der Waals surface area contributed by atoms with Crippen molar-refractivity contribution in [3.8, 4) is 0 Å². The van der Waals surface area contributed by atoms with E-state index >= 15 is 0 Å². The summed E-state index contributed by atoms with van der Waals surface area (Å²) in [4.78, 5) is 0. The first-order chi connectivity index (χ1) is 7.67. The summed E-state index contributed by atoms with van der Waals surface area (Å²) in [6.07, 6.45) is 3.01. The third-order valence-electron chi connectivity index (χ3n) is 3.25. The summed E-state index contributed by atoms with van der Waals surface area (Å²) in [6, 6.07) is 8.23. The molecule has 0 aromatic heterocycles. The van der Waals surface area contributed by atoms with Gasteiger partial charge in [0.05, 0.1) is 12.1 Å². The van der Waals surface area contributed by atoms with Crippen LogP contribution in [0.3, 0.4) is 0 Å². The van der Waals surface area contributed by atoms with Gasteiger partial charge in [-0.3, -0.25) is 0 Å². The maximum atomic E-state index is 9.60. The molecule has 0 saturated heterocycles. The quantitative estimate of drug-likeness (QED) is 0.772. The molecular weight excluding hydrogens is 198 g/mol. The molecule has 0 radical (unpaired) electrons. The third-order valence-corrected chi connectivity index (χ3v) is 3.25. The maximum Gasteiger partial charge on any atom is 0.0661 e. The Labute approximate surface area is 98.7 Å². The van der Waals surface area contributed by atoms with E-state index in [1.54, 1.807) is 0 Å². The smallest absolute Gasteiger partial charge is 0.0661 e. The SMILES string of the molecule is CCCC(CC)(CO)Nc1ccccc1C. The number of hydrogen-bond donors (Lipinski definition) is 2. The fourth-order valence-electron chi connectivity index (χ4n) is 2.04. The van der Waals surface area contributed by atoms with Crippen LogP contribution in [0.25, 0.3) is 0 Å². The van der Waals surface area contributed by atoms with Crippen LogP contribution in [0.15, 0.2) is 24.3 Å². The van der Waals surface area contributed by atoms with Crippen LogP contribution in [-0.2, 0) is 0 Å². The standard InChI is InChI=1S/C14H23NO/c1-4-10-14(5-2,11-16)15-13-9-7-6-8-12(13)3/h6-9,15-16H,4-5,10-11H2,1-3H3. The molecule has 1 aromatic rings. The molecule has 2 N–H and O–H groups in total. The van der Waals surface area contributed by atoms with Crippen molar-refractivity contribution >= 4 is 5.69 Å². The molecule has 1 rings (SSSR count). The van der Waals surface area contributed by atoms with Gasteiger partial charge in [-0.25, -0.2) is 0 Å². The molecule has 0 amide bonds. The third kappa shape index (κ3) is 2.99. The van der Waals surface area contributed by atoms with E-state index in [4.69, 9.17) is 0 Å². The molecule has 0 saturated carbocycles. The monoisotopic (exact) mass is 221 g/mol. The molecule has 2 heteroatoms. The van der Waals surface area contributed by atoms with Gasteiger partial charge in [0.2, 0.25) is 0 Å². The lowest BCUT2D eigenvalue weighted by Crippen LogP contribution is -2.41. The molecule has 0 aliphatic carbocycles. The molecule has 0 fully saturated rings. The number of aliphatic hydroxyl groups excluding tert-OH is 1. The summed E-state index contributed by atoms with van der Waals surface area (Å²) in [5, 5.41) is 13.1. The Kier molecular flexibility index (Phi) is 4.81. The van der Waals surface area contributed by atoms with E-state index in [0.29, 0.717) is 0 Å². The molecule has 2 nitrogen and oxygen atoms in total. The van der Waals surface area contributed by atoms with Gasteiger partial charge in [0, 0.05) is 5.69 Å². The topological polar surface area (TPSA) is 32.3 Å². The maximum absolute atomic E-state index is 9.60. The minimum absolute atomic E-state index is 0.166. The van der Waals surface area contributed by atoms with E-state index in [2.05, 4.69) is 38.2 Å². The first-order valence-corrected chi connectivity index (χ1v) is 6.12. The Hall–Kier alpha value is -1.02. The van der Waals surface area contributed by atoms with Crippen molar-refractivity contribution in [2.45, 2.75) is 45.6 Å². The molecule has 0 heterocycles. The average molecular weight is 221 g/mol. The first-order valence-electron chi connectivity index (χ1n) is 6.12. The molecule has 90 valence electrons. The second-order valence-electron chi connectivity index (χ2n) is 4.48. The zero-order valence-corrected chi connectivity index (χ0v) is 10.6. The van der Waals surface area contributed by atoms with Crippen LogP contribution in [0, 0.1) is 6.92 Å². The van der Waals surface area contributed by atoms with Gasteiger partial charge in [-0.1, -0.05) is 38.5 Å². The number of nitrogens with one attached hydrogen (secondary N) is 1. The number of hydrogen-bond acceptors (Lipinski definition) is 2. The summed E-state index contributed by atoms with van der Waals surface area (Å²) in [7, 11) is 0. The van der Waals surface area contributed by atoms with Gasteiger partial charge in [-0.15, -0.1) is 0 Å². The molecule has 1 atom stereocenters. The van der Waals surface area contributed by atoms with Crippen LogP contribution in [0.4, 0.5) is 5.69 Å². The fourth-order valence-corrected chi connectivity index (χ4v) is 2.04. The van der Waals surface area contributed by atoms with Crippen molar-refractivity contribution < 1.29 is 5.11 Å². The van der Waals surface area contributed by atoms with Crippen LogP contribution >= 0.6 is 0 Å². The van der Waals surface area contributed by atoms with Gasteiger partial charge < -0.3 is 10.4 Å². The number of aryl methyl sites for hydroxylation is 1. The van der Waals surface area contributed by atoms with Gasteiger partial charge in [-0.2, -0.15) is 0 Å². The van der Waals surface area contributed by atoms with Crippen molar-refractivity contribution in [1.29, 1.82) is 0 Å². The highest BCUT2D eigenvalue weighted by molar-refractivity contribution is 5.52. The van der Waals surface area contributed by atoms with Crippen LogP contribution < -0.4 is 5.32 Å². The zero-order valence-electron chi connectivity index (χ0n) is 10.6. The molecule has 16 heavy (non-hydrogen) atoms. The summed E-state index contributed by atoms with van der Waals surface area (Å²) in [6.45, 7) is 6.55. The lowest BCUT2D eigenvalue weighted by molar-refractivity contribution is 0.197. The average Bonchev–Trinajstić information content (AvgIpc) is 2.31. The fraction of sp³-hybridized carbons (Fsp3) is 0.571. The number of rotatable bonds is 6. The molecule has 1 unspecified atom stereocenters. The Morgan fingerprint density at radius 1 is 1.25 bits per heavy atom. The van der Waals surface area contributed by atoms with E-state index in [9.17, 15) is 5.11 Å². The molecule has 0 aliphatic rings. The predicted octanol–water partition coefficient (Wildman–Crippen LogP) is 3.35. The van der Waals surface area contributed by atoms with Crippen molar-refractivity contribution in [3.05, 3.63) is 29.8 Å². The second-order valence-corrected chi connectivity index (χ2v) is 4.48. The van der Waals surface area contributed by atoms with Crippen LogP contribution in [0.5, 0.6) is 0 Å². The van der Waals surface area contributed by atoms with Crippen LogP contribution in [0.2, 0.25) is 0 Å². The molecule has 0 aliphatic heterocycles. The van der Waals surface area contributed by atoms with Crippen molar-refractivity contribution in [3.63, 3.8) is 0 Å². The number of para-hydroxylation sites is 1. The molecule has 0 bridgehead atoms. The van der Waals surface area contributed by atoms with Gasteiger partial charge in [0.15, 0.2) is 0 Å². The highest BCUT2D eigenvalue weighted by Crippen LogP contribution is 2.25. The van der Waals surface area contributed by atoms with Gasteiger partial charge in [0.1, 0.15) is 0 Å². The van der Waals surface area contributed by atoms with Gasteiger partial charge in [0.25, 0.3) is 0 Å². The minimum atomic E-state index is -0.166. The van der Waals surface area contributed by atoms with Crippen LogP contribution in [-0.4, -0.2) is 17.3 Å². The summed E-state index contributed by atoms with van der Waals surface area (Å²) >= 11 is 0. The first kappa shape index (κ1) is 13.0. The Morgan fingerprint density at radius 2 is 1.94 bits per heavy atom. The van der Waals surface area contributed by atoms with Crippen molar-refractivity contribution in [2.24, 2.45) is 0 Å². The highest BCUT2D eigenvalue weighted by atomic mass is 16.3. The Morgan fingerprint density at radius 3 is 2.44 bits per heavy atom. The second kappa shape index (κ2) is 5.90. The van der Waals surface area contributed by atoms with E-state index in [1.807, 2.05) is 12.1 Å². The normalized spacial score (nSPS) is 14.5. The minimum Gasteiger partial charge on any atom is -0.394 e. The lowest BCUT2D eigenvalue weighted by Gasteiger charge is -2.33. The van der Waals surface area contributed by atoms with Crippen LogP contribution in [0.1, 0.15) is 38.7 Å².